The van der Waals surface area contributed by atoms with E-state index in [4.69, 9.17) is 5.11 Å². The molecule has 12 heteroatoms. The highest BCUT2D eigenvalue weighted by molar-refractivity contribution is 14.1. The number of aromatic nitrogens is 4. The molecule has 26 heavy (non-hydrogen) atoms. The molecule has 136 valence electrons. The van der Waals surface area contributed by atoms with Crippen LogP contribution in [-0.2, 0) is 4.79 Å². The lowest BCUT2D eigenvalue weighted by atomic mass is 10.2. The lowest BCUT2D eigenvalue weighted by Gasteiger charge is -2.07. The number of fused-ring (bicyclic) bond motifs is 1. The van der Waals surface area contributed by atoms with Gasteiger partial charge in [0.15, 0.2) is 4.05 Å². The number of carbonyl (C=O) groups excluding carboxylic acids is 1. The van der Waals surface area contributed by atoms with E-state index in [0.717, 1.165) is 0 Å². The highest BCUT2D eigenvalue weighted by Crippen LogP contribution is 2.01. The van der Waals surface area contributed by atoms with Gasteiger partial charge in [-0.25, -0.2) is 14.4 Å². The molecule has 3 aromatic rings. The quantitative estimate of drug-likeness (QED) is 0.169. The molecule has 1 aromatic carbocycles. The first-order valence-electron chi connectivity index (χ1n) is 6.95. The summed E-state index contributed by atoms with van der Waals surface area (Å²) in [6, 6.07) is 8.48. The molecule has 6 N–H and O–H groups in total. The number of carboxylic acid groups (broad SMARTS) is 1. The van der Waals surface area contributed by atoms with Crippen molar-refractivity contribution < 1.29 is 14.7 Å². The predicted molar refractivity (Wildman–Crippen MR) is 99.5 cm³/mol. The van der Waals surface area contributed by atoms with Crippen LogP contribution in [0.2, 0.25) is 0 Å². The molecule has 2 aromatic heterocycles. The van der Waals surface area contributed by atoms with Crippen molar-refractivity contribution in [3.63, 3.8) is 0 Å². The molecule has 0 spiro atoms. The van der Waals surface area contributed by atoms with E-state index in [0.29, 0.717) is 5.56 Å². The van der Waals surface area contributed by atoms with E-state index in [9.17, 15) is 24.0 Å². The Morgan fingerprint density at radius 3 is 2.12 bits per heavy atom. The Balaban J connectivity index is 0.000000189. The Labute approximate surface area is 157 Å². The molecular formula is C14H12IN5O6. The molecule has 3 rings (SSSR count). The molecule has 1 amide bonds. The Morgan fingerprint density at radius 1 is 0.962 bits per heavy atom. The van der Waals surface area contributed by atoms with Crippen molar-refractivity contribution in [2.24, 2.45) is 0 Å². The second-order valence-electron chi connectivity index (χ2n) is 4.78. The molecule has 0 saturated carbocycles. The normalized spacial score (nSPS) is 11.3. The van der Waals surface area contributed by atoms with E-state index in [-0.39, 0.29) is 17.1 Å². The smallest absolute Gasteiger partial charge is 0.336 e. The van der Waals surface area contributed by atoms with Gasteiger partial charge in [-0.05, 0) is 34.7 Å². The van der Waals surface area contributed by atoms with Crippen LogP contribution < -0.4 is 22.3 Å². The largest absolute Gasteiger partial charge is 0.479 e. The van der Waals surface area contributed by atoms with Crippen LogP contribution in [0.15, 0.2) is 44.7 Å². The number of alkyl halides is 1. The summed E-state index contributed by atoms with van der Waals surface area (Å²) in [4.78, 5) is 62.8. The van der Waals surface area contributed by atoms with E-state index < -0.39 is 27.0 Å². The number of carboxylic acids is 1. The molecule has 2 heterocycles. The second kappa shape index (κ2) is 8.28. The number of H-pyrrole nitrogens is 4. The fraction of sp³-hybridized carbons (Fsp3) is 0.0714. The average Bonchev–Trinajstić information content (AvgIpc) is 2.96. The molecule has 1 unspecified atom stereocenters. The van der Waals surface area contributed by atoms with Crippen molar-refractivity contribution in [1.82, 2.24) is 25.3 Å². The van der Waals surface area contributed by atoms with E-state index in [1.54, 1.807) is 52.9 Å². The van der Waals surface area contributed by atoms with Gasteiger partial charge in [-0.15, -0.1) is 0 Å². The van der Waals surface area contributed by atoms with Crippen LogP contribution >= 0.6 is 22.6 Å². The van der Waals surface area contributed by atoms with Crippen LogP contribution in [0.25, 0.3) is 11.2 Å². The summed E-state index contributed by atoms with van der Waals surface area (Å²) in [6.07, 6.45) is 0. The zero-order valence-corrected chi connectivity index (χ0v) is 15.0. The highest BCUT2D eigenvalue weighted by Gasteiger charge is 2.16. The number of hydrogen-bond donors (Lipinski definition) is 6. The number of halogens is 1. The van der Waals surface area contributed by atoms with Gasteiger partial charge in [0, 0.05) is 5.56 Å². The van der Waals surface area contributed by atoms with Crippen molar-refractivity contribution in [1.29, 1.82) is 0 Å². The maximum atomic E-state index is 11.4. The SMILES string of the molecule is O=C(NC(I)C(=O)O)c1ccccc1.O=c1[nH]c(=O)c2[nH]c(=O)[nH]c2[nH]1. The van der Waals surface area contributed by atoms with Gasteiger partial charge < -0.3 is 10.4 Å². The van der Waals surface area contributed by atoms with Crippen molar-refractivity contribution in [3.8, 4) is 0 Å². The third-order valence-electron chi connectivity index (χ3n) is 2.93. The topological polar surface area (TPSA) is 181 Å². The Kier molecular flexibility index (Phi) is 6.11. The van der Waals surface area contributed by atoms with Crippen LogP contribution in [-0.4, -0.2) is 41.0 Å². The minimum Gasteiger partial charge on any atom is -0.479 e. The minimum atomic E-state index is -1.06. The van der Waals surface area contributed by atoms with Gasteiger partial charge in [-0.3, -0.25) is 29.5 Å². The van der Waals surface area contributed by atoms with E-state index >= 15 is 0 Å². The first kappa shape index (κ1) is 19.2. The predicted octanol–water partition coefficient (Wildman–Crippen LogP) is -0.505. The van der Waals surface area contributed by atoms with E-state index in [1.807, 2.05) is 4.98 Å². The monoisotopic (exact) mass is 473 g/mol. The van der Waals surface area contributed by atoms with Gasteiger partial charge >= 0.3 is 17.3 Å². The molecule has 0 radical (unpaired) electrons. The Hall–Kier alpha value is -3.16. The van der Waals surface area contributed by atoms with Crippen molar-refractivity contribution in [2.45, 2.75) is 4.05 Å². The number of aliphatic carboxylic acids is 1. The molecular weight excluding hydrogens is 461 g/mol. The van der Waals surface area contributed by atoms with Crippen LogP contribution in [0.4, 0.5) is 0 Å². The Bertz CT molecular complexity index is 1100. The number of hydrogen-bond acceptors (Lipinski definition) is 5. The summed E-state index contributed by atoms with van der Waals surface area (Å²) in [5.41, 5.74) is -1.20. The number of rotatable bonds is 3. The van der Waals surface area contributed by atoms with Crippen LogP contribution in [0.5, 0.6) is 0 Å². The van der Waals surface area contributed by atoms with Crippen molar-refractivity contribution >= 4 is 45.6 Å². The van der Waals surface area contributed by atoms with Gasteiger partial charge in [-0.2, -0.15) is 0 Å². The lowest BCUT2D eigenvalue weighted by Crippen LogP contribution is -2.35. The zero-order valence-electron chi connectivity index (χ0n) is 12.8. The van der Waals surface area contributed by atoms with Crippen LogP contribution in [0.1, 0.15) is 10.4 Å². The fourth-order valence-electron chi connectivity index (χ4n) is 1.81. The molecule has 1 atom stereocenters. The third kappa shape index (κ3) is 4.92. The number of benzene rings is 1. The van der Waals surface area contributed by atoms with Crippen molar-refractivity contribution in [3.05, 3.63) is 67.2 Å². The van der Waals surface area contributed by atoms with Gasteiger partial charge in [0.25, 0.3) is 11.5 Å². The standard InChI is InChI=1S/C9H8INO3.C5H4N4O3/c10-7(9(13)14)11-8(12)6-4-2-1-3-5-6;10-3-1-2(7-4(11)6-1)8-5(12)9-3/h1-5,7H,(H,11,12)(H,13,14);(H4,6,7,8,9,10,11,12). The van der Waals surface area contributed by atoms with Crippen LogP contribution in [0.3, 0.4) is 0 Å². The molecule has 11 nitrogen and oxygen atoms in total. The van der Waals surface area contributed by atoms with Gasteiger partial charge in [0.1, 0.15) is 11.2 Å². The molecule has 0 aliphatic heterocycles. The number of nitrogens with one attached hydrogen (secondary N) is 5. The van der Waals surface area contributed by atoms with Crippen LogP contribution in [0, 0.1) is 0 Å². The Morgan fingerprint density at radius 2 is 1.54 bits per heavy atom. The summed E-state index contributed by atoms with van der Waals surface area (Å²) in [7, 11) is 0. The summed E-state index contributed by atoms with van der Waals surface area (Å²) in [5.74, 6) is -1.44. The number of carbonyl (C=O) groups is 2. The summed E-state index contributed by atoms with van der Waals surface area (Å²) in [5, 5.41) is 10.9. The fourth-order valence-corrected chi connectivity index (χ4v) is 2.09. The van der Waals surface area contributed by atoms with E-state index in [1.165, 1.54) is 0 Å². The van der Waals surface area contributed by atoms with Gasteiger partial charge in [0.05, 0.1) is 0 Å². The molecule has 0 bridgehead atoms. The molecule has 0 aliphatic carbocycles. The zero-order chi connectivity index (χ0) is 19.3. The number of imidazole rings is 1. The molecule has 0 fully saturated rings. The summed E-state index contributed by atoms with van der Waals surface area (Å²) in [6.45, 7) is 0. The summed E-state index contributed by atoms with van der Waals surface area (Å²) < 4.78 is -0.902. The minimum absolute atomic E-state index is 0.0413. The summed E-state index contributed by atoms with van der Waals surface area (Å²) >= 11 is 1.64. The lowest BCUT2D eigenvalue weighted by molar-refractivity contribution is -0.136. The van der Waals surface area contributed by atoms with Gasteiger partial charge in [0.2, 0.25) is 0 Å². The first-order chi connectivity index (χ1) is 12.3. The highest BCUT2D eigenvalue weighted by atomic mass is 127. The molecule has 0 saturated heterocycles. The van der Waals surface area contributed by atoms with E-state index in [2.05, 4.69) is 20.3 Å². The number of aromatic amines is 4. The first-order valence-corrected chi connectivity index (χ1v) is 8.20. The number of amides is 1. The third-order valence-corrected chi connectivity index (χ3v) is 3.77. The van der Waals surface area contributed by atoms with Gasteiger partial charge in [-0.1, -0.05) is 18.2 Å². The second-order valence-corrected chi connectivity index (χ2v) is 6.02. The average molecular weight is 473 g/mol. The molecule has 0 aliphatic rings. The maximum absolute atomic E-state index is 11.4. The van der Waals surface area contributed by atoms with Crippen molar-refractivity contribution in [2.75, 3.05) is 0 Å². The maximum Gasteiger partial charge on any atom is 0.336 e.